The van der Waals surface area contributed by atoms with Gasteiger partial charge in [0, 0.05) is 49.3 Å². The molecule has 2 fully saturated rings. The second-order valence-electron chi connectivity index (χ2n) is 9.15. The van der Waals surface area contributed by atoms with E-state index in [9.17, 15) is 9.50 Å². The van der Waals surface area contributed by atoms with Crippen molar-refractivity contribution in [3.05, 3.63) is 53.2 Å². The molecule has 1 spiro atoms. The Hall–Kier alpha value is -3.30. The van der Waals surface area contributed by atoms with Gasteiger partial charge in [-0.2, -0.15) is 9.97 Å². The van der Waals surface area contributed by atoms with E-state index in [0.29, 0.717) is 24.4 Å². The predicted molar refractivity (Wildman–Crippen MR) is 122 cm³/mol. The molecule has 2 aromatic heterocycles. The van der Waals surface area contributed by atoms with Crippen LogP contribution in [0.1, 0.15) is 29.8 Å². The molecule has 1 aromatic carbocycles. The molecule has 4 N–H and O–H groups in total. The first kappa shape index (κ1) is 20.3. The number of ether oxygens (including phenoxy) is 1. The van der Waals surface area contributed by atoms with Gasteiger partial charge in [0.1, 0.15) is 17.4 Å². The number of aromatic nitrogens is 3. The minimum atomic E-state index is -0.302. The molecule has 1 atom stereocenters. The number of fused-ring (bicyclic) bond motifs is 3. The molecule has 3 aromatic rings. The standard InChI is InChI=1S/C24H25FN6O2/c1-27-18-7-13(25)6-17-16(18)8-19-21(17)22(31-10-20(26)24(12-31)4-5-24)30-23(29-19)33-15-3-2-14(11-32)28-9-15/h2-3,6-7,9,20,27,32H,4-5,8,10-12,26H2,1H3/t20-/m0/s1. The molecule has 0 bridgehead atoms. The van der Waals surface area contributed by atoms with Crippen LogP contribution in [0.3, 0.4) is 0 Å². The number of rotatable bonds is 5. The van der Waals surface area contributed by atoms with E-state index in [2.05, 4.69) is 15.2 Å². The number of aliphatic hydroxyl groups is 1. The van der Waals surface area contributed by atoms with Crippen LogP contribution >= 0.6 is 0 Å². The number of hydrogen-bond acceptors (Lipinski definition) is 8. The number of nitrogens with zero attached hydrogens (tertiary/aromatic N) is 4. The zero-order chi connectivity index (χ0) is 22.7. The number of benzene rings is 1. The third-order valence-corrected chi connectivity index (χ3v) is 7.11. The van der Waals surface area contributed by atoms with Gasteiger partial charge in [0.2, 0.25) is 0 Å². The highest BCUT2D eigenvalue weighted by molar-refractivity contribution is 5.88. The fourth-order valence-electron chi connectivity index (χ4n) is 5.11. The van der Waals surface area contributed by atoms with Crippen LogP contribution < -0.4 is 20.7 Å². The zero-order valence-corrected chi connectivity index (χ0v) is 18.3. The van der Waals surface area contributed by atoms with Crippen LogP contribution in [0.2, 0.25) is 0 Å². The lowest BCUT2D eigenvalue weighted by atomic mass is 10.0. The number of hydrogen-bond donors (Lipinski definition) is 3. The van der Waals surface area contributed by atoms with Crippen LogP contribution in [0.4, 0.5) is 15.9 Å². The van der Waals surface area contributed by atoms with E-state index >= 15 is 0 Å². The summed E-state index contributed by atoms with van der Waals surface area (Å²) >= 11 is 0. The first-order valence-electron chi connectivity index (χ1n) is 11.2. The Balaban J connectivity index is 1.45. The van der Waals surface area contributed by atoms with Gasteiger partial charge >= 0.3 is 6.01 Å². The Kier molecular flexibility index (Phi) is 4.53. The van der Waals surface area contributed by atoms with Crippen molar-refractivity contribution in [1.82, 2.24) is 15.0 Å². The van der Waals surface area contributed by atoms with Gasteiger partial charge in [0.05, 0.1) is 24.2 Å². The quantitative estimate of drug-likeness (QED) is 0.428. The monoisotopic (exact) mass is 448 g/mol. The first-order chi connectivity index (χ1) is 16.0. The van der Waals surface area contributed by atoms with Crippen molar-refractivity contribution >= 4 is 11.5 Å². The van der Waals surface area contributed by atoms with Crippen molar-refractivity contribution < 1.29 is 14.2 Å². The summed E-state index contributed by atoms with van der Waals surface area (Å²) in [6.45, 7) is 1.38. The van der Waals surface area contributed by atoms with Gasteiger partial charge in [-0.05, 0) is 48.2 Å². The number of aliphatic hydroxyl groups excluding tert-OH is 1. The summed E-state index contributed by atoms with van der Waals surface area (Å²) in [5.74, 6) is 0.914. The summed E-state index contributed by atoms with van der Waals surface area (Å²) in [6.07, 6.45) is 4.34. The van der Waals surface area contributed by atoms with E-state index in [4.69, 9.17) is 20.4 Å². The Labute approximate surface area is 190 Å². The van der Waals surface area contributed by atoms with E-state index in [1.165, 1.54) is 12.3 Å². The van der Waals surface area contributed by atoms with Crippen molar-refractivity contribution in [2.24, 2.45) is 11.1 Å². The lowest BCUT2D eigenvalue weighted by molar-refractivity contribution is 0.276. The Morgan fingerprint density at radius 2 is 2.15 bits per heavy atom. The van der Waals surface area contributed by atoms with Crippen LogP contribution in [0.25, 0.3) is 11.1 Å². The molecule has 6 rings (SSSR count). The minimum Gasteiger partial charge on any atom is -0.423 e. The molecule has 0 amide bonds. The molecule has 9 heteroatoms. The van der Waals surface area contributed by atoms with Crippen LogP contribution in [0, 0.1) is 11.2 Å². The third-order valence-electron chi connectivity index (χ3n) is 7.11. The molecule has 3 heterocycles. The molecule has 0 unspecified atom stereocenters. The van der Waals surface area contributed by atoms with Gasteiger partial charge < -0.3 is 25.8 Å². The normalized spacial score (nSPS) is 19.5. The highest BCUT2D eigenvalue weighted by Gasteiger charge is 2.54. The first-order valence-corrected chi connectivity index (χ1v) is 11.2. The van der Waals surface area contributed by atoms with Crippen molar-refractivity contribution in [3.8, 4) is 22.9 Å². The minimum absolute atomic E-state index is 0.0870. The summed E-state index contributed by atoms with van der Waals surface area (Å²) in [5.41, 5.74) is 11.4. The van der Waals surface area contributed by atoms with Gasteiger partial charge in [-0.1, -0.05) is 0 Å². The van der Waals surface area contributed by atoms with Crippen LogP contribution in [0.5, 0.6) is 11.8 Å². The van der Waals surface area contributed by atoms with Crippen molar-refractivity contribution in [2.75, 3.05) is 30.4 Å². The molecule has 3 aliphatic rings. The second kappa shape index (κ2) is 7.36. The Morgan fingerprint density at radius 1 is 1.30 bits per heavy atom. The molecule has 1 saturated heterocycles. The van der Waals surface area contributed by atoms with E-state index in [0.717, 1.165) is 53.3 Å². The topological polar surface area (TPSA) is 109 Å². The number of halogens is 1. The molecule has 0 radical (unpaired) electrons. The molecular weight excluding hydrogens is 423 g/mol. The molecule has 8 nitrogen and oxygen atoms in total. The lowest BCUT2D eigenvalue weighted by Gasteiger charge is -2.21. The smallest absolute Gasteiger partial charge is 0.324 e. The fraction of sp³-hybridized carbons (Fsp3) is 0.375. The summed E-state index contributed by atoms with van der Waals surface area (Å²) in [5, 5.41) is 12.3. The fourth-order valence-corrected chi connectivity index (χ4v) is 5.11. The molecule has 2 aliphatic carbocycles. The van der Waals surface area contributed by atoms with Crippen LogP contribution in [-0.4, -0.2) is 46.2 Å². The van der Waals surface area contributed by atoms with Crippen LogP contribution in [0.15, 0.2) is 30.5 Å². The summed E-state index contributed by atoms with van der Waals surface area (Å²) in [7, 11) is 1.79. The average molecular weight is 449 g/mol. The van der Waals surface area contributed by atoms with Crippen molar-refractivity contribution in [2.45, 2.75) is 31.9 Å². The van der Waals surface area contributed by atoms with Gasteiger partial charge in [-0.3, -0.25) is 4.98 Å². The SMILES string of the molecule is CNc1cc(F)cc2c1Cc1nc(Oc3ccc(CO)nc3)nc(N3C[C@H](N)C4(CC4)C3)c1-2. The summed E-state index contributed by atoms with van der Waals surface area (Å²) < 4.78 is 20.4. The highest BCUT2D eigenvalue weighted by atomic mass is 19.1. The van der Waals surface area contributed by atoms with Crippen molar-refractivity contribution in [3.63, 3.8) is 0 Å². The molecule has 170 valence electrons. The van der Waals surface area contributed by atoms with E-state index < -0.39 is 0 Å². The van der Waals surface area contributed by atoms with E-state index in [-0.39, 0.29) is 29.9 Å². The molecular formula is C24H25FN6O2. The summed E-state index contributed by atoms with van der Waals surface area (Å²) in [6, 6.07) is 6.79. The maximum absolute atomic E-state index is 14.5. The second-order valence-corrected chi connectivity index (χ2v) is 9.15. The molecule has 1 saturated carbocycles. The van der Waals surface area contributed by atoms with Gasteiger partial charge in [0.15, 0.2) is 0 Å². The maximum Gasteiger partial charge on any atom is 0.324 e. The van der Waals surface area contributed by atoms with Gasteiger partial charge in [-0.25, -0.2) is 4.39 Å². The zero-order valence-electron chi connectivity index (χ0n) is 18.3. The number of nitrogens with two attached hydrogens (primary N) is 1. The van der Waals surface area contributed by atoms with Gasteiger partial charge in [-0.15, -0.1) is 0 Å². The Morgan fingerprint density at radius 3 is 2.82 bits per heavy atom. The molecule has 1 aliphatic heterocycles. The lowest BCUT2D eigenvalue weighted by Crippen LogP contribution is -2.30. The highest BCUT2D eigenvalue weighted by Crippen LogP contribution is 2.54. The number of nitrogens with one attached hydrogen (secondary N) is 1. The number of anilines is 2. The van der Waals surface area contributed by atoms with Crippen molar-refractivity contribution in [1.29, 1.82) is 0 Å². The largest absolute Gasteiger partial charge is 0.423 e. The maximum atomic E-state index is 14.5. The van der Waals surface area contributed by atoms with E-state index in [1.54, 1.807) is 25.2 Å². The summed E-state index contributed by atoms with van der Waals surface area (Å²) in [4.78, 5) is 15.9. The Bertz CT molecular complexity index is 1240. The number of pyridine rings is 1. The van der Waals surface area contributed by atoms with Crippen LogP contribution in [-0.2, 0) is 13.0 Å². The van der Waals surface area contributed by atoms with E-state index in [1.807, 2.05) is 0 Å². The average Bonchev–Trinajstić information content (AvgIpc) is 3.40. The van der Waals surface area contributed by atoms with Gasteiger partial charge in [0.25, 0.3) is 0 Å². The molecule has 33 heavy (non-hydrogen) atoms. The third kappa shape index (κ3) is 3.30. The predicted octanol–water partition coefficient (Wildman–Crippen LogP) is 2.84.